The van der Waals surface area contributed by atoms with Crippen molar-refractivity contribution in [3.63, 3.8) is 0 Å². The van der Waals surface area contributed by atoms with Crippen LogP contribution in [0.3, 0.4) is 0 Å². The van der Waals surface area contributed by atoms with Gasteiger partial charge in [0, 0.05) is 5.69 Å². The van der Waals surface area contributed by atoms with Crippen molar-refractivity contribution in [1.29, 1.82) is 0 Å². The molecule has 0 spiro atoms. The molecule has 3 rings (SSSR count). The van der Waals surface area contributed by atoms with Crippen LogP contribution in [0.4, 0.5) is 10.5 Å². The number of rotatable bonds is 6. The average Bonchev–Trinajstić information content (AvgIpc) is 2.94. The van der Waals surface area contributed by atoms with E-state index in [0.29, 0.717) is 11.3 Å². The predicted molar refractivity (Wildman–Crippen MR) is 112 cm³/mol. The van der Waals surface area contributed by atoms with Crippen molar-refractivity contribution in [2.24, 2.45) is 0 Å². The standard InChI is InChI=1S/C22H24N4O4/c1-14-8-7-11-17(15(14)2)24-18(27)12-23-19(28)13-26-20(29)22(3,25-21(26)30)16-9-5-4-6-10-16/h4-11H,12-13H2,1-3H3,(H,23,28)(H,24,27)(H,25,30). The monoisotopic (exact) mass is 408 g/mol. The van der Waals surface area contributed by atoms with Crippen molar-refractivity contribution < 1.29 is 19.2 Å². The molecule has 0 radical (unpaired) electrons. The van der Waals surface area contributed by atoms with Crippen LogP contribution >= 0.6 is 0 Å². The summed E-state index contributed by atoms with van der Waals surface area (Å²) < 4.78 is 0. The van der Waals surface area contributed by atoms with Crippen LogP contribution in [0.2, 0.25) is 0 Å². The molecule has 2 aromatic rings. The number of aryl methyl sites for hydroxylation is 1. The molecule has 0 bridgehead atoms. The summed E-state index contributed by atoms with van der Waals surface area (Å²) in [5.74, 6) is -1.52. The number of urea groups is 1. The Hall–Kier alpha value is -3.68. The van der Waals surface area contributed by atoms with E-state index < -0.39 is 35.8 Å². The number of amides is 5. The summed E-state index contributed by atoms with van der Waals surface area (Å²) in [7, 11) is 0. The number of hydrogen-bond donors (Lipinski definition) is 3. The van der Waals surface area contributed by atoms with E-state index in [9.17, 15) is 19.2 Å². The zero-order valence-electron chi connectivity index (χ0n) is 17.1. The third kappa shape index (κ3) is 4.17. The van der Waals surface area contributed by atoms with Crippen LogP contribution in [-0.2, 0) is 19.9 Å². The fourth-order valence-corrected chi connectivity index (χ4v) is 3.27. The second kappa shape index (κ2) is 8.36. The number of nitrogens with one attached hydrogen (secondary N) is 3. The maximum Gasteiger partial charge on any atom is 0.325 e. The third-order valence-electron chi connectivity index (χ3n) is 5.25. The molecule has 30 heavy (non-hydrogen) atoms. The first kappa shape index (κ1) is 21.0. The summed E-state index contributed by atoms with van der Waals surface area (Å²) in [5, 5.41) is 7.82. The van der Waals surface area contributed by atoms with Gasteiger partial charge in [0.15, 0.2) is 0 Å². The van der Waals surface area contributed by atoms with Crippen LogP contribution < -0.4 is 16.0 Å². The van der Waals surface area contributed by atoms with Crippen LogP contribution in [-0.4, -0.2) is 41.7 Å². The second-order valence-corrected chi connectivity index (χ2v) is 7.38. The molecule has 0 aromatic heterocycles. The minimum atomic E-state index is -1.24. The Morgan fingerprint density at radius 2 is 1.70 bits per heavy atom. The molecule has 5 amide bonds. The molecule has 1 fully saturated rings. The van der Waals surface area contributed by atoms with Crippen molar-refractivity contribution >= 4 is 29.4 Å². The topological polar surface area (TPSA) is 108 Å². The number of benzene rings is 2. The Kier molecular flexibility index (Phi) is 5.86. The SMILES string of the molecule is Cc1cccc(NC(=O)CNC(=O)CN2C(=O)NC(C)(c3ccccc3)C2=O)c1C. The van der Waals surface area contributed by atoms with Gasteiger partial charge in [0.2, 0.25) is 11.8 Å². The van der Waals surface area contributed by atoms with Gasteiger partial charge in [-0.3, -0.25) is 19.3 Å². The molecule has 3 N–H and O–H groups in total. The van der Waals surface area contributed by atoms with E-state index in [1.54, 1.807) is 37.3 Å². The van der Waals surface area contributed by atoms with Crippen molar-refractivity contribution in [2.45, 2.75) is 26.3 Å². The van der Waals surface area contributed by atoms with Crippen molar-refractivity contribution in [3.05, 3.63) is 65.2 Å². The van der Waals surface area contributed by atoms with Gasteiger partial charge in [-0.2, -0.15) is 0 Å². The Bertz CT molecular complexity index is 1010. The summed E-state index contributed by atoms with van der Waals surface area (Å²) >= 11 is 0. The lowest BCUT2D eigenvalue weighted by Gasteiger charge is -2.22. The number of nitrogens with zero attached hydrogens (tertiary/aromatic N) is 1. The molecule has 2 aromatic carbocycles. The number of carbonyl (C=O) groups is 4. The molecule has 156 valence electrons. The summed E-state index contributed by atoms with van der Waals surface area (Å²) in [5.41, 5.74) is 2.04. The highest BCUT2D eigenvalue weighted by molar-refractivity contribution is 6.09. The summed E-state index contributed by atoms with van der Waals surface area (Å²) in [4.78, 5) is 50.3. The quantitative estimate of drug-likeness (QED) is 0.634. The Morgan fingerprint density at radius 3 is 2.40 bits per heavy atom. The molecular weight excluding hydrogens is 384 g/mol. The normalized spacial score (nSPS) is 18.2. The lowest BCUT2D eigenvalue weighted by atomic mass is 9.92. The molecule has 1 atom stereocenters. The lowest BCUT2D eigenvalue weighted by molar-refractivity contribution is -0.135. The second-order valence-electron chi connectivity index (χ2n) is 7.38. The zero-order valence-corrected chi connectivity index (χ0v) is 17.1. The largest absolute Gasteiger partial charge is 0.345 e. The molecule has 8 nitrogen and oxygen atoms in total. The number of carbonyl (C=O) groups excluding carboxylic acids is 4. The zero-order chi connectivity index (χ0) is 21.9. The molecule has 0 aliphatic carbocycles. The minimum Gasteiger partial charge on any atom is -0.345 e. The highest BCUT2D eigenvalue weighted by Crippen LogP contribution is 2.28. The van der Waals surface area contributed by atoms with Gasteiger partial charge < -0.3 is 16.0 Å². The van der Waals surface area contributed by atoms with Gasteiger partial charge in [0.05, 0.1) is 6.54 Å². The first-order valence-electron chi connectivity index (χ1n) is 9.55. The van der Waals surface area contributed by atoms with Crippen LogP contribution in [0.15, 0.2) is 48.5 Å². The van der Waals surface area contributed by atoms with Crippen LogP contribution in [0.25, 0.3) is 0 Å². The first-order valence-corrected chi connectivity index (χ1v) is 9.55. The van der Waals surface area contributed by atoms with E-state index in [1.807, 2.05) is 32.0 Å². The number of hydrogen-bond acceptors (Lipinski definition) is 4. The molecule has 1 unspecified atom stereocenters. The van der Waals surface area contributed by atoms with Gasteiger partial charge in [-0.05, 0) is 43.5 Å². The lowest BCUT2D eigenvalue weighted by Crippen LogP contribution is -2.44. The van der Waals surface area contributed by atoms with E-state index in [2.05, 4.69) is 16.0 Å². The molecule has 1 aliphatic heterocycles. The van der Waals surface area contributed by atoms with Crippen molar-refractivity contribution in [3.8, 4) is 0 Å². The van der Waals surface area contributed by atoms with E-state index in [4.69, 9.17) is 0 Å². The Balaban J connectivity index is 1.57. The Labute approximate surface area is 174 Å². The fraction of sp³-hybridized carbons (Fsp3) is 0.273. The number of anilines is 1. The van der Waals surface area contributed by atoms with Crippen molar-refractivity contribution in [1.82, 2.24) is 15.5 Å². The molecule has 1 saturated heterocycles. The van der Waals surface area contributed by atoms with Crippen molar-refractivity contribution in [2.75, 3.05) is 18.4 Å². The Morgan fingerprint density at radius 1 is 1.00 bits per heavy atom. The van der Waals surface area contributed by atoms with Crippen LogP contribution in [0.1, 0.15) is 23.6 Å². The maximum atomic E-state index is 12.8. The van der Waals surface area contributed by atoms with E-state index >= 15 is 0 Å². The van der Waals surface area contributed by atoms with Gasteiger partial charge in [0.1, 0.15) is 12.1 Å². The molecule has 1 aliphatic rings. The summed E-state index contributed by atoms with van der Waals surface area (Å²) in [6.07, 6.45) is 0. The van der Waals surface area contributed by atoms with Gasteiger partial charge in [-0.15, -0.1) is 0 Å². The van der Waals surface area contributed by atoms with Gasteiger partial charge >= 0.3 is 6.03 Å². The summed E-state index contributed by atoms with van der Waals surface area (Å²) in [6.45, 7) is 4.69. The van der Waals surface area contributed by atoms with Gasteiger partial charge in [0.25, 0.3) is 5.91 Å². The highest BCUT2D eigenvalue weighted by Gasteiger charge is 2.49. The van der Waals surface area contributed by atoms with E-state index in [0.717, 1.165) is 16.0 Å². The molecule has 0 saturated carbocycles. The van der Waals surface area contributed by atoms with E-state index in [-0.39, 0.29) is 6.54 Å². The number of imide groups is 1. The van der Waals surface area contributed by atoms with Gasteiger partial charge in [-0.25, -0.2) is 4.79 Å². The first-order chi connectivity index (χ1) is 14.2. The highest BCUT2D eigenvalue weighted by atomic mass is 16.2. The third-order valence-corrected chi connectivity index (χ3v) is 5.25. The average molecular weight is 408 g/mol. The van der Waals surface area contributed by atoms with Crippen LogP contribution in [0, 0.1) is 13.8 Å². The molecule has 1 heterocycles. The molecule has 8 heteroatoms. The predicted octanol–water partition coefficient (Wildman–Crippen LogP) is 1.83. The molecular formula is C22H24N4O4. The van der Waals surface area contributed by atoms with Crippen LogP contribution in [0.5, 0.6) is 0 Å². The minimum absolute atomic E-state index is 0.272. The maximum absolute atomic E-state index is 12.8. The fourth-order valence-electron chi connectivity index (χ4n) is 3.27. The van der Waals surface area contributed by atoms with E-state index in [1.165, 1.54) is 0 Å². The van der Waals surface area contributed by atoms with Gasteiger partial charge in [-0.1, -0.05) is 42.5 Å². The summed E-state index contributed by atoms with van der Waals surface area (Å²) in [6, 6.07) is 13.7. The smallest absolute Gasteiger partial charge is 0.325 e.